The maximum absolute atomic E-state index is 10.4. The average molecular weight is 222 g/mol. The van der Waals surface area contributed by atoms with Gasteiger partial charge in [0, 0.05) is 0 Å². The Morgan fingerprint density at radius 2 is 1.36 bits per heavy atom. The van der Waals surface area contributed by atoms with E-state index in [9.17, 15) is 14.4 Å². The van der Waals surface area contributed by atoms with Gasteiger partial charge in [-0.25, -0.2) is 4.79 Å². The van der Waals surface area contributed by atoms with Crippen molar-refractivity contribution in [1.82, 2.24) is 10.6 Å². The van der Waals surface area contributed by atoms with Crippen molar-refractivity contribution in [3.63, 3.8) is 0 Å². The molecule has 0 aromatic rings. The first-order valence-electron chi connectivity index (χ1n) is 2.36. The quantitative estimate of drug-likeness (QED) is 0.487. The molecule has 0 atom stereocenters. The molecule has 1 saturated heterocycles. The molecule has 0 aliphatic carbocycles. The van der Waals surface area contributed by atoms with Gasteiger partial charge in [0.2, 0.25) is 0 Å². The molecule has 0 saturated carbocycles. The highest BCUT2D eigenvalue weighted by Crippen LogP contribution is 1.82. The number of urea groups is 1. The molecule has 0 unspecified atom stereocenters. The fraction of sp³-hybridized carbons (Fsp3) is 0. The minimum Gasteiger partial charge on any atom is -0.291 e. The minimum absolute atomic E-state index is 0. The van der Waals surface area contributed by atoms with Gasteiger partial charge >= 0.3 is 6.03 Å². The van der Waals surface area contributed by atoms with Crippen molar-refractivity contribution >= 4 is 40.5 Å². The van der Waals surface area contributed by atoms with Gasteiger partial charge in [0.15, 0.2) is 5.71 Å². The molecule has 1 rings (SSSR count). The van der Waals surface area contributed by atoms with Crippen molar-refractivity contribution in [3.8, 4) is 0 Å². The summed E-state index contributed by atoms with van der Waals surface area (Å²) in [6, 6.07) is -0.883. The van der Waals surface area contributed by atoms with Crippen LogP contribution in [0.3, 0.4) is 0 Å². The smallest absolute Gasteiger partial charge is 0.291 e. The van der Waals surface area contributed by atoms with E-state index in [0.717, 1.165) is 0 Å². The lowest BCUT2D eigenvalue weighted by molar-refractivity contribution is -0.119. The Bertz CT molecular complexity index is 227. The van der Waals surface area contributed by atoms with Gasteiger partial charge in [-0.15, -0.1) is 17.0 Å². The number of carbonyl (C=O) groups excluding carboxylic acids is 3. The summed E-state index contributed by atoms with van der Waals surface area (Å²) in [5, 5.41) is 10.2. The van der Waals surface area contributed by atoms with Crippen LogP contribution in [-0.2, 0) is 9.59 Å². The summed E-state index contributed by atoms with van der Waals surface area (Å²) in [5.41, 5.74) is -0.750. The van der Waals surface area contributed by atoms with Gasteiger partial charge in [-0.2, -0.15) is 0 Å². The van der Waals surface area contributed by atoms with Crippen LogP contribution >= 0.6 is 17.0 Å². The molecular weight excluding hydrogens is 218 g/mol. The summed E-state index contributed by atoms with van der Waals surface area (Å²) in [6.07, 6.45) is 0. The number of imide groups is 2. The SMILES string of the molecule is Br.N=C1C(=O)NC(=O)NC1=O. The summed E-state index contributed by atoms with van der Waals surface area (Å²) in [5.74, 6) is -1.93. The van der Waals surface area contributed by atoms with Crippen molar-refractivity contribution in [2.45, 2.75) is 0 Å². The number of nitrogens with one attached hydrogen (secondary N) is 3. The maximum atomic E-state index is 10.4. The average Bonchev–Trinajstić information content (AvgIpc) is 1.82. The van der Waals surface area contributed by atoms with Crippen LogP contribution in [0, 0.1) is 5.41 Å². The van der Waals surface area contributed by atoms with Crippen LogP contribution < -0.4 is 10.6 Å². The predicted molar refractivity (Wildman–Crippen MR) is 39.7 cm³/mol. The first-order chi connectivity index (χ1) is 4.61. The van der Waals surface area contributed by atoms with E-state index in [4.69, 9.17) is 5.41 Å². The Balaban J connectivity index is 0.000001000. The Labute approximate surface area is 71.6 Å². The number of hydrogen-bond acceptors (Lipinski definition) is 4. The first-order valence-corrected chi connectivity index (χ1v) is 2.36. The molecule has 3 N–H and O–H groups in total. The zero-order valence-corrected chi connectivity index (χ0v) is 6.85. The van der Waals surface area contributed by atoms with Gasteiger partial charge in [0.1, 0.15) is 0 Å². The van der Waals surface area contributed by atoms with E-state index in [0.29, 0.717) is 0 Å². The molecule has 0 radical (unpaired) electrons. The second-order valence-electron chi connectivity index (χ2n) is 1.61. The van der Waals surface area contributed by atoms with Gasteiger partial charge in [-0.1, -0.05) is 0 Å². The van der Waals surface area contributed by atoms with Crippen molar-refractivity contribution in [2.24, 2.45) is 0 Å². The number of hydrogen-bond donors (Lipinski definition) is 3. The molecule has 11 heavy (non-hydrogen) atoms. The van der Waals surface area contributed by atoms with Gasteiger partial charge in [0.25, 0.3) is 11.8 Å². The Morgan fingerprint density at radius 1 is 1.00 bits per heavy atom. The number of barbiturate groups is 1. The van der Waals surface area contributed by atoms with Crippen LogP contribution in [0.15, 0.2) is 0 Å². The molecule has 1 heterocycles. The topological polar surface area (TPSA) is 99.1 Å². The Kier molecular flexibility index (Phi) is 2.87. The normalized spacial score (nSPS) is 16.7. The molecule has 1 aliphatic heterocycles. The Morgan fingerprint density at radius 3 is 1.73 bits per heavy atom. The summed E-state index contributed by atoms with van der Waals surface area (Å²) in [6.45, 7) is 0. The number of carbonyl (C=O) groups is 3. The molecule has 0 aromatic carbocycles. The zero-order chi connectivity index (χ0) is 7.72. The predicted octanol–water partition coefficient (Wildman–Crippen LogP) is -1.05. The highest BCUT2D eigenvalue weighted by Gasteiger charge is 2.27. The lowest BCUT2D eigenvalue weighted by Crippen LogP contribution is -2.55. The van der Waals surface area contributed by atoms with Crippen LogP contribution in [0.1, 0.15) is 0 Å². The number of halogens is 1. The van der Waals surface area contributed by atoms with Crippen LogP contribution in [-0.4, -0.2) is 23.6 Å². The van der Waals surface area contributed by atoms with E-state index in [1.54, 1.807) is 10.6 Å². The van der Waals surface area contributed by atoms with Gasteiger partial charge in [-0.3, -0.25) is 25.6 Å². The lowest BCUT2D eigenvalue weighted by Gasteiger charge is -2.10. The molecule has 0 aromatic heterocycles. The first kappa shape index (κ1) is 9.76. The summed E-state index contributed by atoms with van der Waals surface area (Å²) >= 11 is 0. The third-order valence-electron chi connectivity index (χ3n) is 0.908. The third kappa shape index (κ3) is 1.84. The summed E-state index contributed by atoms with van der Waals surface area (Å²) in [7, 11) is 0. The van der Waals surface area contributed by atoms with E-state index in [2.05, 4.69) is 0 Å². The minimum atomic E-state index is -0.964. The molecule has 1 aliphatic rings. The van der Waals surface area contributed by atoms with Gasteiger partial charge < -0.3 is 0 Å². The number of amides is 4. The van der Waals surface area contributed by atoms with Crippen molar-refractivity contribution < 1.29 is 14.4 Å². The molecule has 1 fully saturated rings. The molecule has 0 spiro atoms. The van der Waals surface area contributed by atoms with E-state index < -0.39 is 23.6 Å². The third-order valence-corrected chi connectivity index (χ3v) is 0.908. The van der Waals surface area contributed by atoms with E-state index in [1.165, 1.54) is 0 Å². The van der Waals surface area contributed by atoms with Crippen molar-refractivity contribution in [1.29, 1.82) is 5.41 Å². The van der Waals surface area contributed by atoms with E-state index >= 15 is 0 Å². The maximum Gasteiger partial charge on any atom is 0.328 e. The molecule has 4 amide bonds. The van der Waals surface area contributed by atoms with Crippen LogP contribution in [0.2, 0.25) is 0 Å². The summed E-state index contributed by atoms with van der Waals surface area (Å²) < 4.78 is 0. The molecule has 7 heteroatoms. The van der Waals surface area contributed by atoms with Crippen molar-refractivity contribution in [3.05, 3.63) is 0 Å². The van der Waals surface area contributed by atoms with Gasteiger partial charge in [-0.05, 0) is 0 Å². The van der Waals surface area contributed by atoms with Gasteiger partial charge in [0.05, 0.1) is 0 Å². The number of rotatable bonds is 0. The van der Waals surface area contributed by atoms with Crippen LogP contribution in [0.4, 0.5) is 4.79 Å². The molecule has 0 bridgehead atoms. The largest absolute Gasteiger partial charge is 0.328 e. The second kappa shape index (κ2) is 3.24. The van der Waals surface area contributed by atoms with E-state index in [1.807, 2.05) is 0 Å². The fourth-order valence-corrected chi connectivity index (χ4v) is 0.466. The van der Waals surface area contributed by atoms with Crippen molar-refractivity contribution in [2.75, 3.05) is 0 Å². The summed E-state index contributed by atoms with van der Waals surface area (Å²) in [4.78, 5) is 31.1. The molecular formula is C4H4BrN3O3. The van der Waals surface area contributed by atoms with Crippen LogP contribution in [0.25, 0.3) is 0 Å². The standard InChI is InChI=1S/C4H3N3O3.BrH/c5-1-2(8)6-4(10)7-3(1)9;/h5H,(H2,6,7,8,9,10);1H. The molecule has 6 nitrogen and oxygen atoms in total. The lowest BCUT2D eigenvalue weighted by atomic mass is 10.3. The highest BCUT2D eigenvalue weighted by molar-refractivity contribution is 8.93. The zero-order valence-electron chi connectivity index (χ0n) is 5.13. The monoisotopic (exact) mass is 221 g/mol. The second-order valence-corrected chi connectivity index (χ2v) is 1.61. The van der Waals surface area contributed by atoms with Crippen LogP contribution in [0.5, 0.6) is 0 Å². The fourth-order valence-electron chi connectivity index (χ4n) is 0.466. The Hall–Kier alpha value is -1.24. The molecule has 60 valence electrons. The van der Waals surface area contributed by atoms with E-state index in [-0.39, 0.29) is 17.0 Å². The highest BCUT2D eigenvalue weighted by atomic mass is 79.9.